The van der Waals surface area contributed by atoms with Gasteiger partial charge in [-0.2, -0.15) is 0 Å². The highest BCUT2D eigenvalue weighted by atomic mass is 16.5. The number of methoxy groups -OCH3 is 1. The van der Waals surface area contributed by atoms with Crippen LogP contribution in [0.3, 0.4) is 0 Å². The van der Waals surface area contributed by atoms with Crippen LogP contribution in [-0.2, 0) is 25.5 Å². The van der Waals surface area contributed by atoms with E-state index in [2.05, 4.69) is 0 Å². The van der Waals surface area contributed by atoms with Crippen LogP contribution in [-0.4, -0.2) is 55.3 Å². The molecule has 0 radical (unpaired) electrons. The lowest BCUT2D eigenvalue weighted by atomic mass is 9.76. The van der Waals surface area contributed by atoms with Crippen molar-refractivity contribution < 1.29 is 19.1 Å². The second-order valence-corrected chi connectivity index (χ2v) is 7.16. The van der Waals surface area contributed by atoms with Crippen LogP contribution in [0.15, 0.2) is 30.3 Å². The molecule has 0 heterocycles. The number of rotatable bonds is 11. The van der Waals surface area contributed by atoms with Gasteiger partial charge in [-0.3, -0.25) is 14.4 Å². The second-order valence-electron chi connectivity index (χ2n) is 7.16. The minimum atomic E-state index is -1.68. The Balaban J connectivity index is 2.88. The highest BCUT2D eigenvalue weighted by Crippen LogP contribution is 2.24. The number of hydrogen-bond donors (Lipinski definition) is 2. The highest BCUT2D eigenvalue weighted by molar-refractivity contribution is 6.07. The van der Waals surface area contributed by atoms with Crippen molar-refractivity contribution in [3.05, 3.63) is 35.9 Å². The van der Waals surface area contributed by atoms with E-state index in [9.17, 15) is 14.4 Å². The van der Waals surface area contributed by atoms with E-state index in [1.165, 1.54) is 26.0 Å². The fourth-order valence-electron chi connectivity index (χ4n) is 3.06. The first kappa shape index (κ1) is 22.8. The van der Waals surface area contributed by atoms with Gasteiger partial charge in [-0.15, -0.1) is 0 Å². The SMILES string of the molecule is COCCN(C)C(=O)[C@@H](C(N)=O)[C@@](C)(N)C(=O)C(C)CCc1ccccc1. The van der Waals surface area contributed by atoms with Crippen LogP contribution in [0.5, 0.6) is 0 Å². The van der Waals surface area contributed by atoms with Crippen molar-refractivity contribution in [2.75, 3.05) is 27.3 Å². The topological polar surface area (TPSA) is 116 Å². The Hall–Kier alpha value is -2.25. The number of hydrogen-bond acceptors (Lipinski definition) is 5. The van der Waals surface area contributed by atoms with Gasteiger partial charge < -0.3 is 21.1 Å². The summed E-state index contributed by atoms with van der Waals surface area (Å²) in [6.07, 6.45) is 1.27. The van der Waals surface area contributed by atoms with Crippen LogP contribution in [0.1, 0.15) is 25.8 Å². The van der Waals surface area contributed by atoms with E-state index in [0.29, 0.717) is 19.4 Å². The van der Waals surface area contributed by atoms with E-state index >= 15 is 0 Å². The number of amides is 2. The number of aryl methyl sites for hydroxylation is 1. The molecule has 3 atom stereocenters. The third-order valence-electron chi connectivity index (χ3n) is 4.83. The summed E-state index contributed by atoms with van der Waals surface area (Å²) < 4.78 is 4.94. The monoisotopic (exact) mass is 377 g/mol. The molecule has 1 rings (SSSR count). The summed E-state index contributed by atoms with van der Waals surface area (Å²) >= 11 is 0. The van der Waals surface area contributed by atoms with Gasteiger partial charge in [0, 0.05) is 26.6 Å². The molecule has 0 aliphatic carbocycles. The maximum Gasteiger partial charge on any atom is 0.237 e. The van der Waals surface area contributed by atoms with Crippen molar-refractivity contribution in [3.63, 3.8) is 0 Å². The molecule has 7 heteroatoms. The van der Waals surface area contributed by atoms with Crippen LogP contribution >= 0.6 is 0 Å². The summed E-state index contributed by atoms with van der Waals surface area (Å²) in [5.41, 5.74) is 11.1. The largest absolute Gasteiger partial charge is 0.383 e. The number of primary amides is 1. The van der Waals surface area contributed by atoms with Crippen LogP contribution in [0.4, 0.5) is 0 Å². The van der Waals surface area contributed by atoms with Gasteiger partial charge in [0.25, 0.3) is 0 Å². The molecular formula is C20H31N3O4. The molecule has 0 saturated carbocycles. The normalized spacial score (nSPS) is 15.4. The molecule has 27 heavy (non-hydrogen) atoms. The zero-order valence-electron chi connectivity index (χ0n) is 16.6. The van der Waals surface area contributed by atoms with Crippen molar-refractivity contribution >= 4 is 17.6 Å². The minimum absolute atomic E-state index is 0.271. The van der Waals surface area contributed by atoms with Gasteiger partial charge in [0.2, 0.25) is 11.8 Å². The Morgan fingerprint density at radius 1 is 1.22 bits per heavy atom. The third kappa shape index (κ3) is 6.15. The molecule has 0 spiro atoms. The first-order valence-electron chi connectivity index (χ1n) is 9.03. The molecule has 0 fully saturated rings. The fraction of sp³-hybridized carbons (Fsp3) is 0.550. The predicted octanol–water partition coefficient (Wildman–Crippen LogP) is 0.748. The number of Topliss-reactive ketones (excluding diaryl/α,β-unsaturated/α-hetero) is 1. The zero-order valence-corrected chi connectivity index (χ0v) is 16.6. The number of benzene rings is 1. The summed E-state index contributed by atoms with van der Waals surface area (Å²) in [7, 11) is 3.03. The van der Waals surface area contributed by atoms with Crippen LogP contribution < -0.4 is 11.5 Å². The Morgan fingerprint density at radius 2 is 1.81 bits per heavy atom. The number of ether oxygens (including phenoxy) is 1. The summed E-state index contributed by atoms with van der Waals surface area (Å²) in [6.45, 7) is 3.74. The van der Waals surface area contributed by atoms with E-state index in [1.807, 2.05) is 30.3 Å². The molecule has 4 N–H and O–H groups in total. The summed E-state index contributed by atoms with van der Waals surface area (Å²) in [5.74, 6) is -3.67. The molecule has 0 aromatic heterocycles. The first-order chi connectivity index (χ1) is 12.6. The Bertz CT molecular complexity index is 646. The molecule has 2 amide bonds. The fourth-order valence-corrected chi connectivity index (χ4v) is 3.06. The number of carbonyl (C=O) groups is 3. The quantitative estimate of drug-likeness (QED) is 0.552. The molecule has 0 aliphatic heterocycles. The Morgan fingerprint density at radius 3 is 2.33 bits per heavy atom. The van der Waals surface area contributed by atoms with Crippen molar-refractivity contribution in [2.45, 2.75) is 32.2 Å². The van der Waals surface area contributed by atoms with Gasteiger partial charge in [-0.05, 0) is 25.3 Å². The molecule has 1 unspecified atom stereocenters. The molecule has 1 aromatic carbocycles. The Kier molecular flexibility index (Phi) is 8.59. The highest BCUT2D eigenvalue weighted by Gasteiger charge is 2.47. The lowest BCUT2D eigenvalue weighted by Crippen LogP contribution is -2.62. The number of ketones is 1. The summed E-state index contributed by atoms with van der Waals surface area (Å²) in [6, 6.07) is 9.77. The van der Waals surface area contributed by atoms with Crippen molar-refractivity contribution in [3.8, 4) is 0 Å². The molecule has 1 aromatic rings. The maximum atomic E-state index is 12.9. The van der Waals surface area contributed by atoms with Crippen LogP contribution in [0.2, 0.25) is 0 Å². The number of nitrogens with zero attached hydrogens (tertiary/aromatic N) is 1. The third-order valence-corrected chi connectivity index (χ3v) is 4.83. The van der Waals surface area contributed by atoms with Gasteiger partial charge in [0.1, 0.15) is 5.92 Å². The summed E-state index contributed by atoms with van der Waals surface area (Å²) in [4.78, 5) is 38.9. The average Bonchev–Trinajstić information content (AvgIpc) is 2.63. The van der Waals surface area contributed by atoms with E-state index < -0.39 is 29.2 Å². The van der Waals surface area contributed by atoms with Crippen molar-refractivity contribution in [1.82, 2.24) is 4.90 Å². The molecule has 7 nitrogen and oxygen atoms in total. The number of carbonyl (C=O) groups excluding carboxylic acids is 3. The van der Waals surface area contributed by atoms with Gasteiger partial charge in [0.05, 0.1) is 12.1 Å². The van der Waals surface area contributed by atoms with Gasteiger partial charge in [0.15, 0.2) is 5.78 Å². The molecule has 0 bridgehead atoms. The van der Waals surface area contributed by atoms with E-state index in [0.717, 1.165) is 5.56 Å². The maximum absolute atomic E-state index is 12.9. The average molecular weight is 377 g/mol. The predicted molar refractivity (Wildman–Crippen MR) is 104 cm³/mol. The van der Waals surface area contributed by atoms with E-state index in [4.69, 9.17) is 16.2 Å². The van der Waals surface area contributed by atoms with Gasteiger partial charge in [-0.1, -0.05) is 37.3 Å². The number of nitrogens with two attached hydrogens (primary N) is 2. The number of likely N-dealkylation sites (N-methyl/N-ethyl adjacent to an activating group) is 1. The Labute approximate surface area is 161 Å². The molecule has 150 valence electrons. The second kappa shape index (κ2) is 10.2. The molecular weight excluding hydrogens is 346 g/mol. The first-order valence-corrected chi connectivity index (χ1v) is 9.03. The van der Waals surface area contributed by atoms with Crippen molar-refractivity contribution in [1.29, 1.82) is 0 Å². The lowest BCUT2D eigenvalue weighted by Gasteiger charge is -2.34. The van der Waals surface area contributed by atoms with Crippen LogP contribution in [0.25, 0.3) is 0 Å². The standard InChI is InChI=1S/C20H31N3O4/c1-14(10-11-15-8-6-5-7-9-15)17(24)20(2,22)16(18(21)25)19(26)23(3)12-13-27-4/h5-9,14,16H,10-13,22H2,1-4H3,(H2,21,25)/t14?,16-,20-/m1/s1. The molecule has 0 aliphatic rings. The zero-order chi connectivity index (χ0) is 20.6. The van der Waals surface area contributed by atoms with E-state index in [-0.39, 0.29) is 12.3 Å². The van der Waals surface area contributed by atoms with Crippen LogP contribution in [0, 0.1) is 11.8 Å². The minimum Gasteiger partial charge on any atom is -0.383 e. The van der Waals surface area contributed by atoms with Gasteiger partial charge >= 0.3 is 0 Å². The van der Waals surface area contributed by atoms with Crippen molar-refractivity contribution in [2.24, 2.45) is 23.3 Å². The lowest BCUT2D eigenvalue weighted by molar-refractivity contribution is -0.148. The van der Waals surface area contributed by atoms with E-state index in [1.54, 1.807) is 6.92 Å². The summed E-state index contributed by atoms with van der Waals surface area (Å²) in [5, 5.41) is 0. The molecule has 0 saturated heterocycles. The smallest absolute Gasteiger partial charge is 0.237 e. The van der Waals surface area contributed by atoms with Gasteiger partial charge in [-0.25, -0.2) is 0 Å².